The Balaban J connectivity index is 0.971. The van der Waals surface area contributed by atoms with Gasteiger partial charge in [0.15, 0.2) is 5.82 Å². The van der Waals surface area contributed by atoms with E-state index in [0.717, 1.165) is 50.8 Å². The van der Waals surface area contributed by atoms with Crippen molar-refractivity contribution in [3.8, 4) is 56.3 Å². The van der Waals surface area contributed by atoms with Crippen molar-refractivity contribution in [2.24, 2.45) is 0 Å². The molecule has 0 atom stereocenters. The third-order valence-corrected chi connectivity index (χ3v) is 11.2. The van der Waals surface area contributed by atoms with E-state index in [1.807, 2.05) is 31.2 Å². The maximum Gasteiger partial charge on any atom is 0.160 e. The van der Waals surface area contributed by atoms with Crippen LogP contribution < -0.4 is 0 Å². The van der Waals surface area contributed by atoms with Crippen molar-refractivity contribution in [2.45, 2.75) is 6.92 Å². The monoisotopic (exact) mass is 728 g/mol. The predicted octanol–water partition coefficient (Wildman–Crippen LogP) is 13.6. The second-order valence-electron chi connectivity index (χ2n) is 14.7. The molecule has 0 N–H and O–H groups in total. The van der Waals surface area contributed by atoms with Crippen LogP contribution in [-0.4, -0.2) is 19.1 Å². The van der Waals surface area contributed by atoms with E-state index < -0.39 is 0 Å². The Hall–Kier alpha value is -7.56. The van der Waals surface area contributed by atoms with E-state index in [9.17, 15) is 0 Å². The van der Waals surface area contributed by atoms with Crippen LogP contribution in [0.25, 0.3) is 99.9 Å². The van der Waals surface area contributed by atoms with Crippen LogP contribution in [0.15, 0.2) is 200 Å². The standard InChI is InChI=1S/C53H36N4/c1-35-31-48(37-13-4-2-5-14-37)55-53(54-35)41-16-12-15-38(32-41)39-26-30-51-47(33-39)45-20-9-11-22-50(45)56(51)43-27-23-36(24-28-43)40-25-29-46-44-19-8-10-21-49(44)57(52(46)34-40)42-17-6-3-7-18-42/h2-34H,1H3. The molecule has 0 aliphatic carbocycles. The first-order chi connectivity index (χ1) is 28.2. The summed E-state index contributed by atoms with van der Waals surface area (Å²) in [5, 5.41) is 4.96. The molecule has 8 aromatic carbocycles. The Morgan fingerprint density at radius 2 is 0.842 bits per heavy atom. The predicted molar refractivity (Wildman–Crippen MR) is 237 cm³/mol. The minimum absolute atomic E-state index is 0.732. The summed E-state index contributed by atoms with van der Waals surface area (Å²) in [5.74, 6) is 0.732. The van der Waals surface area contributed by atoms with Crippen molar-refractivity contribution in [3.63, 3.8) is 0 Å². The summed E-state index contributed by atoms with van der Waals surface area (Å²) in [6.07, 6.45) is 0. The first-order valence-corrected chi connectivity index (χ1v) is 19.4. The summed E-state index contributed by atoms with van der Waals surface area (Å²) < 4.78 is 4.76. The molecule has 0 bridgehead atoms. The van der Waals surface area contributed by atoms with Gasteiger partial charge in [-0.1, -0.05) is 133 Å². The van der Waals surface area contributed by atoms with Gasteiger partial charge >= 0.3 is 0 Å². The molecular formula is C53H36N4. The second-order valence-corrected chi connectivity index (χ2v) is 14.7. The Morgan fingerprint density at radius 3 is 1.61 bits per heavy atom. The van der Waals surface area contributed by atoms with Crippen molar-refractivity contribution in [1.82, 2.24) is 19.1 Å². The maximum absolute atomic E-state index is 4.99. The Labute approximate surface area is 330 Å². The maximum atomic E-state index is 4.99. The smallest absolute Gasteiger partial charge is 0.160 e. The van der Waals surface area contributed by atoms with E-state index in [2.05, 4.69) is 185 Å². The molecule has 11 rings (SSSR count). The Kier molecular flexibility index (Phi) is 7.68. The van der Waals surface area contributed by atoms with E-state index in [-0.39, 0.29) is 0 Å². The van der Waals surface area contributed by atoms with Crippen molar-refractivity contribution in [2.75, 3.05) is 0 Å². The highest BCUT2D eigenvalue weighted by Crippen LogP contribution is 2.38. The molecule has 4 nitrogen and oxygen atoms in total. The summed E-state index contributed by atoms with van der Waals surface area (Å²) in [4.78, 5) is 9.83. The van der Waals surface area contributed by atoms with E-state index in [1.54, 1.807) is 0 Å². The number of nitrogens with zero attached hydrogens (tertiary/aromatic N) is 4. The van der Waals surface area contributed by atoms with Crippen LogP contribution in [0.2, 0.25) is 0 Å². The number of aromatic nitrogens is 4. The van der Waals surface area contributed by atoms with E-state index >= 15 is 0 Å². The molecule has 268 valence electrons. The average Bonchev–Trinajstić information content (AvgIpc) is 3.79. The lowest BCUT2D eigenvalue weighted by atomic mass is 10.0. The summed E-state index contributed by atoms with van der Waals surface area (Å²) >= 11 is 0. The van der Waals surface area contributed by atoms with Crippen LogP contribution >= 0.6 is 0 Å². The number of rotatable bonds is 6. The van der Waals surface area contributed by atoms with Crippen LogP contribution in [0.3, 0.4) is 0 Å². The molecule has 11 aromatic rings. The van der Waals surface area contributed by atoms with Crippen molar-refractivity contribution in [1.29, 1.82) is 0 Å². The van der Waals surface area contributed by atoms with Crippen LogP contribution in [-0.2, 0) is 0 Å². The van der Waals surface area contributed by atoms with Gasteiger partial charge in [-0.15, -0.1) is 0 Å². The van der Waals surface area contributed by atoms with Crippen LogP contribution in [0.1, 0.15) is 5.69 Å². The number of para-hydroxylation sites is 3. The first-order valence-electron chi connectivity index (χ1n) is 19.4. The number of fused-ring (bicyclic) bond motifs is 6. The highest BCUT2D eigenvalue weighted by molar-refractivity contribution is 6.11. The van der Waals surface area contributed by atoms with Gasteiger partial charge in [0.05, 0.1) is 27.8 Å². The quantitative estimate of drug-likeness (QED) is 0.171. The van der Waals surface area contributed by atoms with Gasteiger partial charge in [0, 0.05) is 49.7 Å². The molecule has 0 radical (unpaired) electrons. The zero-order valence-corrected chi connectivity index (χ0v) is 31.3. The molecular weight excluding hydrogens is 693 g/mol. The van der Waals surface area contributed by atoms with Crippen LogP contribution in [0, 0.1) is 6.92 Å². The number of aryl methyl sites for hydroxylation is 1. The molecule has 0 spiro atoms. The fourth-order valence-electron chi connectivity index (χ4n) is 8.53. The molecule has 57 heavy (non-hydrogen) atoms. The van der Waals surface area contributed by atoms with Crippen molar-refractivity contribution < 1.29 is 0 Å². The summed E-state index contributed by atoms with van der Waals surface area (Å²) in [6, 6.07) is 71.7. The van der Waals surface area contributed by atoms with Gasteiger partial charge in [0.2, 0.25) is 0 Å². The Morgan fingerprint density at radius 1 is 0.316 bits per heavy atom. The molecule has 0 fully saturated rings. The molecule has 0 saturated heterocycles. The SMILES string of the molecule is Cc1cc(-c2ccccc2)nc(-c2cccc(-c3ccc4c(c3)c3ccccc3n4-c3ccc(-c4ccc5c6ccccc6n(-c6ccccc6)c5c4)cc3)c2)n1. The number of hydrogen-bond donors (Lipinski definition) is 0. The lowest BCUT2D eigenvalue weighted by Gasteiger charge is -2.11. The van der Waals surface area contributed by atoms with Crippen molar-refractivity contribution >= 4 is 43.6 Å². The molecule has 3 heterocycles. The Bertz CT molecular complexity index is 3280. The van der Waals surface area contributed by atoms with Gasteiger partial charge in [-0.3, -0.25) is 0 Å². The minimum Gasteiger partial charge on any atom is -0.309 e. The fraction of sp³-hybridized carbons (Fsp3) is 0.0189. The molecule has 0 unspecified atom stereocenters. The van der Waals surface area contributed by atoms with Gasteiger partial charge in [0.25, 0.3) is 0 Å². The zero-order chi connectivity index (χ0) is 37.9. The van der Waals surface area contributed by atoms with Gasteiger partial charge in [-0.2, -0.15) is 0 Å². The van der Waals surface area contributed by atoms with Gasteiger partial charge in [-0.05, 0) is 95.9 Å². The zero-order valence-electron chi connectivity index (χ0n) is 31.3. The van der Waals surface area contributed by atoms with Gasteiger partial charge < -0.3 is 9.13 Å². The van der Waals surface area contributed by atoms with Crippen LogP contribution in [0.5, 0.6) is 0 Å². The van der Waals surface area contributed by atoms with Gasteiger partial charge in [-0.25, -0.2) is 9.97 Å². The fourth-order valence-corrected chi connectivity index (χ4v) is 8.53. The lowest BCUT2D eigenvalue weighted by Crippen LogP contribution is -1.95. The lowest BCUT2D eigenvalue weighted by molar-refractivity contribution is 1.12. The molecule has 3 aromatic heterocycles. The third kappa shape index (κ3) is 5.61. The average molecular weight is 729 g/mol. The first kappa shape index (κ1) is 32.8. The van der Waals surface area contributed by atoms with Crippen LogP contribution in [0.4, 0.5) is 0 Å². The molecule has 0 saturated carbocycles. The molecule has 4 heteroatoms. The number of benzene rings is 8. The van der Waals surface area contributed by atoms with E-state index in [4.69, 9.17) is 9.97 Å². The van der Waals surface area contributed by atoms with Crippen molar-refractivity contribution in [3.05, 3.63) is 206 Å². The summed E-state index contributed by atoms with van der Waals surface area (Å²) in [6.45, 7) is 2.03. The highest BCUT2D eigenvalue weighted by Gasteiger charge is 2.16. The topological polar surface area (TPSA) is 35.6 Å². The normalized spacial score (nSPS) is 11.6. The van der Waals surface area contributed by atoms with E-state index in [0.29, 0.717) is 0 Å². The molecule has 0 aliphatic rings. The molecule has 0 aliphatic heterocycles. The number of hydrogen-bond acceptors (Lipinski definition) is 2. The highest BCUT2D eigenvalue weighted by atomic mass is 15.0. The summed E-state index contributed by atoms with van der Waals surface area (Å²) in [5.41, 5.74) is 15.7. The van der Waals surface area contributed by atoms with Gasteiger partial charge in [0.1, 0.15) is 0 Å². The second kappa shape index (κ2) is 13.3. The van der Waals surface area contributed by atoms with E-state index in [1.165, 1.54) is 54.7 Å². The molecule has 0 amide bonds. The largest absolute Gasteiger partial charge is 0.309 e. The third-order valence-electron chi connectivity index (χ3n) is 11.2. The minimum atomic E-state index is 0.732. The summed E-state index contributed by atoms with van der Waals surface area (Å²) in [7, 11) is 0.